The van der Waals surface area contributed by atoms with E-state index in [9.17, 15) is 0 Å². The molecule has 15 heavy (non-hydrogen) atoms. The Bertz CT molecular complexity index is 111. The van der Waals surface area contributed by atoms with Crippen LogP contribution in [0.2, 0.25) is 0 Å². The van der Waals surface area contributed by atoms with Gasteiger partial charge in [-0.3, -0.25) is 0 Å². The van der Waals surface area contributed by atoms with Gasteiger partial charge in [-0.1, -0.05) is 51.9 Å². The Morgan fingerprint density at radius 3 is 1.67 bits per heavy atom. The van der Waals surface area contributed by atoms with Gasteiger partial charge in [-0.05, 0) is 12.8 Å². The molecule has 0 rings (SSSR count). The molecule has 0 amide bonds. The molecule has 2 nitrogen and oxygen atoms in total. The molecule has 92 valence electrons. The van der Waals surface area contributed by atoms with E-state index in [2.05, 4.69) is 6.92 Å². The van der Waals surface area contributed by atoms with E-state index in [4.69, 9.17) is 9.47 Å². The SMILES string of the molecule is CCCCCCCCCCC(OC)OC. The average molecular weight is 216 g/mol. The van der Waals surface area contributed by atoms with E-state index < -0.39 is 0 Å². The van der Waals surface area contributed by atoms with Crippen LogP contribution in [-0.4, -0.2) is 20.5 Å². The molecule has 0 N–H and O–H groups in total. The first-order valence-corrected chi connectivity index (χ1v) is 6.40. The lowest BCUT2D eigenvalue weighted by Gasteiger charge is -2.12. The maximum Gasteiger partial charge on any atom is 0.156 e. The van der Waals surface area contributed by atoms with Crippen LogP contribution in [0.5, 0.6) is 0 Å². The minimum Gasteiger partial charge on any atom is -0.356 e. The molecule has 0 bridgehead atoms. The standard InChI is InChI=1S/C13H28O2/c1-4-5-6-7-8-9-10-11-12-13(14-2)15-3/h13H,4-12H2,1-3H3. The van der Waals surface area contributed by atoms with Crippen molar-refractivity contribution in [2.75, 3.05) is 14.2 Å². The number of rotatable bonds is 11. The van der Waals surface area contributed by atoms with E-state index in [0.717, 1.165) is 6.42 Å². The summed E-state index contributed by atoms with van der Waals surface area (Å²) in [6.07, 6.45) is 11.9. The highest BCUT2D eigenvalue weighted by Gasteiger charge is 2.03. The van der Waals surface area contributed by atoms with Gasteiger partial charge in [0.1, 0.15) is 0 Å². The average Bonchev–Trinajstić information content (AvgIpc) is 2.27. The summed E-state index contributed by atoms with van der Waals surface area (Å²) in [5, 5.41) is 0. The summed E-state index contributed by atoms with van der Waals surface area (Å²) in [5.41, 5.74) is 0. The highest BCUT2D eigenvalue weighted by Crippen LogP contribution is 2.11. The smallest absolute Gasteiger partial charge is 0.156 e. The number of methoxy groups -OCH3 is 2. The van der Waals surface area contributed by atoms with Gasteiger partial charge in [0.2, 0.25) is 0 Å². The normalized spacial score (nSPS) is 11.2. The second-order valence-electron chi connectivity index (χ2n) is 4.16. The van der Waals surface area contributed by atoms with E-state index in [-0.39, 0.29) is 6.29 Å². The molecule has 0 aromatic carbocycles. The fraction of sp³-hybridized carbons (Fsp3) is 1.00. The summed E-state index contributed by atoms with van der Waals surface area (Å²) in [5.74, 6) is 0. The molecule has 0 saturated carbocycles. The van der Waals surface area contributed by atoms with Crippen LogP contribution >= 0.6 is 0 Å². The third-order valence-corrected chi connectivity index (χ3v) is 2.82. The maximum absolute atomic E-state index is 5.14. The van der Waals surface area contributed by atoms with Gasteiger partial charge in [0.25, 0.3) is 0 Å². The second-order valence-corrected chi connectivity index (χ2v) is 4.16. The predicted molar refractivity (Wildman–Crippen MR) is 65.0 cm³/mol. The Morgan fingerprint density at radius 2 is 1.20 bits per heavy atom. The van der Waals surface area contributed by atoms with E-state index in [1.807, 2.05) is 0 Å². The first-order chi connectivity index (χ1) is 7.35. The largest absolute Gasteiger partial charge is 0.356 e. The minimum absolute atomic E-state index is 0.00471. The van der Waals surface area contributed by atoms with Crippen LogP contribution in [0.3, 0.4) is 0 Å². The molecule has 0 atom stereocenters. The molecule has 0 aromatic rings. The van der Waals surface area contributed by atoms with Crippen molar-refractivity contribution in [2.45, 2.75) is 71.0 Å². The molecule has 0 aliphatic rings. The summed E-state index contributed by atoms with van der Waals surface area (Å²) in [4.78, 5) is 0. The summed E-state index contributed by atoms with van der Waals surface area (Å²) >= 11 is 0. The van der Waals surface area contributed by atoms with E-state index >= 15 is 0 Å². The monoisotopic (exact) mass is 216 g/mol. The van der Waals surface area contributed by atoms with Crippen LogP contribution in [0, 0.1) is 0 Å². The van der Waals surface area contributed by atoms with Gasteiger partial charge in [0.15, 0.2) is 6.29 Å². The van der Waals surface area contributed by atoms with Crippen molar-refractivity contribution in [1.82, 2.24) is 0 Å². The maximum atomic E-state index is 5.14. The summed E-state index contributed by atoms with van der Waals surface area (Å²) < 4.78 is 10.3. The number of ether oxygens (including phenoxy) is 2. The molecule has 0 fully saturated rings. The topological polar surface area (TPSA) is 18.5 Å². The van der Waals surface area contributed by atoms with Crippen LogP contribution < -0.4 is 0 Å². The van der Waals surface area contributed by atoms with Crippen LogP contribution in [-0.2, 0) is 9.47 Å². The predicted octanol–water partition coefficient (Wildman–Crippen LogP) is 4.14. The van der Waals surface area contributed by atoms with Crippen molar-refractivity contribution in [3.05, 3.63) is 0 Å². The molecule has 0 aliphatic heterocycles. The van der Waals surface area contributed by atoms with E-state index in [0.29, 0.717) is 0 Å². The first-order valence-electron chi connectivity index (χ1n) is 6.40. The molecular weight excluding hydrogens is 188 g/mol. The fourth-order valence-corrected chi connectivity index (χ4v) is 1.78. The van der Waals surface area contributed by atoms with Gasteiger partial charge in [0.05, 0.1) is 0 Å². The summed E-state index contributed by atoms with van der Waals surface area (Å²) in [7, 11) is 3.41. The third kappa shape index (κ3) is 10.2. The van der Waals surface area contributed by atoms with Gasteiger partial charge in [-0.25, -0.2) is 0 Å². The Balaban J connectivity index is 3.04. The van der Waals surface area contributed by atoms with Crippen molar-refractivity contribution in [3.8, 4) is 0 Å². The van der Waals surface area contributed by atoms with Gasteiger partial charge in [-0.2, -0.15) is 0 Å². The molecular formula is C13H28O2. The fourth-order valence-electron chi connectivity index (χ4n) is 1.78. The zero-order valence-corrected chi connectivity index (χ0v) is 10.8. The Hall–Kier alpha value is -0.0800. The van der Waals surface area contributed by atoms with Gasteiger partial charge in [0, 0.05) is 14.2 Å². The van der Waals surface area contributed by atoms with E-state index in [1.54, 1.807) is 14.2 Å². The third-order valence-electron chi connectivity index (χ3n) is 2.82. The minimum atomic E-state index is 0.00471. The molecule has 0 radical (unpaired) electrons. The lowest BCUT2D eigenvalue weighted by Crippen LogP contribution is -2.12. The lowest BCUT2D eigenvalue weighted by molar-refractivity contribution is -0.107. The van der Waals surface area contributed by atoms with Crippen LogP contribution in [0.1, 0.15) is 64.7 Å². The summed E-state index contributed by atoms with van der Waals surface area (Å²) in [6.45, 7) is 2.26. The van der Waals surface area contributed by atoms with Crippen molar-refractivity contribution < 1.29 is 9.47 Å². The van der Waals surface area contributed by atoms with Crippen molar-refractivity contribution in [2.24, 2.45) is 0 Å². The van der Waals surface area contributed by atoms with Crippen LogP contribution in [0.4, 0.5) is 0 Å². The Labute approximate surface area is 95.3 Å². The quantitative estimate of drug-likeness (QED) is 0.382. The van der Waals surface area contributed by atoms with Gasteiger partial charge >= 0.3 is 0 Å². The molecule has 2 heteroatoms. The molecule has 0 unspecified atom stereocenters. The molecule has 0 aromatic heterocycles. The van der Waals surface area contributed by atoms with Crippen molar-refractivity contribution >= 4 is 0 Å². The van der Waals surface area contributed by atoms with E-state index in [1.165, 1.54) is 51.4 Å². The van der Waals surface area contributed by atoms with Gasteiger partial charge in [-0.15, -0.1) is 0 Å². The highest BCUT2D eigenvalue weighted by molar-refractivity contribution is 4.48. The Morgan fingerprint density at radius 1 is 0.733 bits per heavy atom. The lowest BCUT2D eigenvalue weighted by atomic mass is 10.1. The number of unbranched alkanes of at least 4 members (excludes halogenated alkanes) is 7. The van der Waals surface area contributed by atoms with Crippen molar-refractivity contribution in [3.63, 3.8) is 0 Å². The number of hydrogen-bond donors (Lipinski definition) is 0. The highest BCUT2D eigenvalue weighted by atomic mass is 16.7. The number of hydrogen-bond acceptors (Lipinski definition) is 2. The molecule has 0 spiro atoms. The van der Waals surface area contributed by atoms with Crippen LogP contribution in [0.25, 0.3) is 0 Å². The zero-order chi connectivity index (χ0) is 11.4. The Kier molecular flexibility index (Phi) is 11.9. The zero-order valence-electron chi connectivity index (χ0n) is 10.8. The molecule has 0 aliphatic carbocycles. The van der Waals surface area contributed by atoms with Gasteiger partial charge < -0.3 is 9.47 Å². The first kappa shape index (κ1) is 14.9. The second kappa shape index (κ2) is 12.0. The van der Waals surface area contributed by atoms with Crippen LogP contribution in [0.15, 0.2) is 0 Å². The molecule has 0 heterocycles. The molecule has 0 saturated heterocycles. The summed E-state index contributed by atoms with van der Waals surface area (Å²) in [6, 6.07) is 0. The van der Waals surface area contributed by atoms with Crippen molar-refractivity contribution in [1.29, 1.82) is 0 Å².